The summed E-state index contributed by atoms with van der Waals surface area (Å²) in [5, 5.41) is 0. The molecule has 0 aliphatic rings. The number of hydrogen-bond donors (Lipinski definition) is 1. The van der Waals surface area contributed by atoms with E-state index in [9.17, 15) is 0 Å². The zero-order valence-corrected chi connectivity index (χ0v) is 12.9. The molecule has 0 saturated carbocycles. The van der Waals surface area contributed by atoms with E-state index >= 15 is 0 Å². The topological polar surface area (TPSA) is 26.0 Å². The van der Waals surface area contributed by atoms with Gasteiger partial charge in [0.05, 0.1) is 0 Å². The number of benzene rings is 2. The second kappa shape index (κ2) is 6.88. The quantitative estimate of drug-likeness (QED) is 0.881. The zero-order chi connectivity index (χ0) is 13.7. The summed E-state index contributed by atoms with van der Waals surface area (Å²) < 4.78 is 1.15. The van der Waals surface area contributed by atoms with Crippen LogP contribution in [0.2, 0.25) is 0 Å². The Balaban J connectivity index is 1.97. The van der Waals surface area contributed by atoms with Gasteiger partial charge >= 0.3 is 0 Å². The van der Waals surface area contributed by atoms with Crippen LogP contribution >= 0.6 is 15.9 Å². The van der Waals surface area contributed by atoms with Crippen molar-refractivity contribution in [3.63, 3.8) is 0 Å². The fraction of sp³-hybridized carbons (Fsp3) is 0.294. The summed E-state index contributed by atoms with van der Waals surface area (Å²) >= 11 is 3.57. The third-order valence-corrected chi connectivity index (χ3v) is 4.14. The molecule has 0 radical (unpaired) electrons. The molecule has 0 bridgehead atoms. The lowest BCUT2D eigenvalue weighted by atomic mass is 9.99. The van der Waals surface area contributed by atoms with Crippen LogP contribution in [-0.2, 0) is 19.3 Å². The first-order chi connectivity index (χ1) is 9.19. The molecule has 0 amide bonds. The summed E-state index contributed by atoms with van der Waals surface area (Å²) in [5.41, 5.74) is 10.2. The van der Waals surface area contributed by atoms with Gasteiger partial charge in [-0.2, -0.15) is 0 Å². The van der Waals surface area contributed by atoms with Crippen LogP contribution < -0.4 is 5.73 Å². The minimum absolute atomic E-state index is 0.158. The minimum atomic E-state index is 0.158. The molecule has 2 aromatic rings. The van der Waals surface area contributed by atoms with Crippen molar-refractivity contribution in [1.29, 1.82) is 0 Å². The van der Waals surface area contributed by atoms with Gasteiger partial charge in [0.1, 0.15) is 0 Å². The van der Waals surface area contributed by atoms with Crippen LogP contribution in [0.3, 0.4) is 0 Å². The fourth-order valence-electron chi connectivity index (χ4n) is 2.23. The normalized spacial score (nSPS) is 12.4. The molecule has 1 atom stereocenters. The van der Waals surface area contributed by atoms with Crippen molar-refractivity contribution in [3.8, 4) is 0 Å². The molecule has 0 saturated heterocycles. The molecule has 2 aromatic carbocycles. The third kappa shape index (κ3) is 4.19. The van der Waals surface area contributed by atoms with Crippen molar-refractivity contribution in [1.82, 2.24) is 0 Å². The largest absolute Gasteiger partial charge is 0.327 e. The van der Waals surface area contributed by atoms with Crippen molar-refractivity contribution in [2.24, 2.45) is 5.73 Å². The summed E-state index contributed by atoms with van der Waals surface area (Å²) in [7, 11) is 0. The first-order valence-corrected chi connectivity index (χ1v) is 7.55. The van der Waals surface area contributed by atoms with Crippen LogP contribution in [0.25, 0.3) is 0 Å². The highest BCUT2D eigenvalue weighted by Crippen LogP contribution is 2.18. The second-order valence-electron chi connectivity index (χ2n) is 4.93. The maximum absolute atomic E-state index is 6.26. The summed E-state index contributed by atoms with van der Waals surface area (Å²) in [5.74, 6) is 0. The Morgan fingerprint density at radius 2 is 1.58 bits per heavy atom. The van der Waals surface area contributed by atoms with E-state index in [4.69, 9.17) is 5.73 Å². The highest BCUT2D eigenvalue weighted by atomic mass is 79.9. The van der Waals surface area contributed by atoms with Crippen molar-refractivity contribution >= 4 is 15.9 Å². The summed E-state index contributed by atoms with van der Waals surface area (Å²) in [6.07, 6.45) is 2.91. The smallest absolute Gasteiger partial charge is 0.0207 e. The lowest BCUT2D eigenvalue weighted by Gasteiger charge is -2.13. The van der Waals surface area contributed by atoms with Crippen molar-refractivity contribution in [2.45, 2.75) is 32.2 Å². The number of halogens is 1. The molecule has 0 aliphatic heterocycles. The lowest BCUT2D eigenvalue weighted by molar-refractivity contribution is 0.663. The molecular weight excluding hydrogens is 298 g/mol. The summed E-state index contributed by atoms with van der Waals surface area (Å²) in [6, 6.07) is 17.2. The second-order valence-corrected chi connectivity index (χ2v) is 5.78. The molecule has 0 aliphatic carbocycles. The van der Waals surface area contributed by atoms with Gasteiger partial charge in [0, 0.05) is 10.5 Å². The van der Waals surface area contributed by atoms with Gasteiger partial charge in [0.25, 0.3) is 0 Å². The predicted molar refractivity (Wildman–Crippen MR) is 85.3 cm³/mol. The van der Waals surface area contributed by atoms with Crippen LogP contribution in [0.4, 0.5) is 0 Å². The highest BCUT2D eigenvalue weighted by Gasteiger charge is 2.07. The van der Waals surface area contributed by atoms with Crippen molar-refractivity contribution in [2.75, 3.05) is 0 Å². The highest BCUT2D eigenvalue weighted by molar-refractivity contribution is 9.10. The molecule has 0 aromatic heterocycles. The maximum atomic E-state index is 6.26. The molecule has 1 unspecified atom stereocenters. The Morgan fingerprint density at radius 3 is 2.21 bits per heavy atom. The number of aryl methyl sites for hydroxylation is 1. The Labute approximate surface area is 124 Å². The lowest BCUT2D eigenvalue weighted by Crippen LogP contribution is -2.25. The van der Waals surface area contributed by atoms with Crippen molar-refractivity contribution < 1.29 is 0 Å². The molecule has 100 valence electrons. The Bertz CT molecular complexity index is 519. The number of rotatable bonds is 5. The molecule has 2 N–H and O–H groups in total. The van der Waals surface area contributed by atoms with Crippen LogP contribution in [-0.4, -0.2) is 6.04 Å². The van der Waals surface area contributed by atoms with E-state index in [1.807, 2.05) is 6.07 Å². The van der Waals surface area contributed by atoms with E-state index in [-0.39, 0.29) is 6.04 Å². The van der Waals surface area contributed by atoms with Crippen LogP contribution in [0.5, 0.6) is 0 Å². The van der Waals surface area contributed by atoms with Crippen LogP contribution in [0.15, 0.2) is 53.0 Å². The van der Waals surface area contributed by atoms with E-state index < -0.39 is 0 Å². The van der Waals surface area contributed by atoms with Gasteiger partial charge < -0.3 is 5.73 Å². The molecule has 0 spiro atoms. The van der Waals surface area contributed by atoms with Gasteiger partial charge in [0.2, 0.25) is 0 Å². The van der Waals surface area contributed by atoms with Gasteiger partial charge in [-0.05, 0) is 42.0 Å². The summed E-state index contributed by atoms with van der Waals surface area (Å²) in [4.78, 5) is 0. The first-order valence-electron chi connectivity index (χ1n) is 6.76. The van der Waals surface area contributed by atoms with Crippen LogP contribution in [0, 0.1) is 0 Å². The molecule has 1 nitrogen and oxygen atoms in total. The molecule has 2 heteroatoms. The SMILES string of the molecule is CCc1ccc(CC(N)Cc2ccccc2Br)cc1. The average Bonchev–Trinajstić information content (AvgIpc) is 2.42. The molecular formula is C17H20BrN. The number of nitrogens with two attached hydrogens (primary N) is 1. The van der Waals surface area contributed by atoms with Gasteiger partial charge in [0.15, 0.2) is 0 Å². The van der Waals surface area contributed by atoms with Gasteiger partial charge in [-0.15, -0.1) is 0 Å². The Kier molecular flexibility index (Phi) is 5.17. The molecule has 0 heterocycles. The van der Waals surface area contributed by atoms with Gasteiger partial charge in [-0.1, -0.05) is 65.3 Å². The minimum Gasteiger partial charge on any atom is -0.327 e. The Hall–Kier alpha value is -1.12. The molecule has 0 fully saturated rings. The predicted octanol–water partition coefficient (Wildman–Crippen LogP) is 4.12. The third-order valence-electron chi connectivity index (χ3n) is 3.37. The van der Waals surface area contributed by atoms with E-state index in [2.05, 4.69) is 65.3 Å². The standard InChI is InChI=1S/C17H20BrN/c1-2-13-7-9-14(10-8-13)11-16(19)12-15-5-3-4-6-17(15)18/h3-10,16H,2,11-12,19H2,1H3. The summed E-state index contributed by atoms with van der Waals surface area (Å²) in [6.45, 7) is 2.17. The van der Waals surface area contributed by atoms with Gasteiger partial charge in [-0.3, -0.25) is 0 Å². The maximum Gasteiger partial charge on any atom is 0.0207 e. The monoisotopic (exact) mass is 317 g/mol. The number of hydrogen-bond acceptors (Lipinski definition) is 1. The van der Waals surface area contributed by atoms with E-state index in [1.54, 1.807) is 0 Å². The first kappa shape index (κ1) is 14.3. The molecule has 2 rings (SSSR count). The Morgan fingerprint density at radius 1 is 0.947 bits per heavy atom. The van der Waals surface area contributed by atoms with E-state index in [1.165, 1.54) is 16.7 Å². The van der Waals surface area contributed by atoms with E-state index in [0.717, 1.165) is 23.7 Å². The fourth-order valence-corrected chi connectivity index (χ4v) is 2.68. The average molecular weight is 318 g/mol. The zero-order valence-electron chi connectivity index (χ0n) is 11.3. The van der Waals surface area contributed by atoms with Crippen molar-refractivity contribution in [3.05, 3.63) is 69.7 Å². The van der Waals surface area contributed by atoms with Crippen LogP contribution in [0.1, 0.15) is 23.6 Å². The van der Waals surface area contributed by atoms with E-state index in [0.29, 0.717) is 0 Å². The molecule has 19 heavy (non-hydrogen) atoms. The van der Waals surface area contributed by atoms with Gasteiger partial charge in [-0.25, -0.2) is 0 Å².